The topological polar surface area (TPSA) is 74.7 Å². The molecule has 1 aromatic carbocycles. The second-order valence-corrected chi connectivity index (χ2v) is 6.77. The summed E-state index contributed by atoms with van der Waals surface area (Å²) in [4.78, 5) is 13.8. The van der Waals surface area contributed by atoms with Crippen LogP contribution >= 0.6 is 11.6 Å². The molecule has 0 aliphatic heterocycles. The number of aliphatic hydroxyl groups is 1. The fraction of sp³-hybridized carbons (Fsp3) is 0.462. The number of amides is 1. The molecule has 0 saturated heterocycles. The number of carbonyl (C=O) groups excluding carboxylic acids is 1. The van der Waals surface area contributed by atoms with Gasteiger partial charge in [0.2, 0.25) is 0 Å². The van der Waals surface area contributed by atoms with Crippen molar-refractivity contribution in [3.8, 4) is 0 Å². The van der Waals surface area contributed by atoms with Gasteiger partial charge < -0.3 is 10.0 Å². The molecule has 5 nitrogen and oxygen atoms in total. The predicted octanol–water partition coefficient (Wildman–Crippen LogP) is 1.59. The first kappa shape index (κ1) is 16.9. The third-order valence-electron chi connectivity index (χ3n) is 2.83. The molecule has 1 rings (SSSR count). The molecule has 1 aromatic rings. The van der Waals surface area contributed by atoms with E-state index in [9.17, 15) is 13.2 Å². The zero-order chi connectivity index (χ0) is 15.3. The highest BCUT2D eigenvalue weighted by Crippen LogP contribution is 2.23. The first-order valence-electron chi connectivity index (χ1n) is 6.21. The third-order valence-corrected chi connectivity index (χ3v) is 4.41. The first-order chi connectivity index (χ1) is 9.31. The van der Waals surface area contributed by atoms with Crippen LogP contribution in [0, 0.1) is 0 Å². The molecule has 0 aliphatic carbocycles. The Kier molecular flexibility index (Phi) is 5.98. The fourth-order valence-corrected chi connectivity index (χ4v) is 3.07. The molecule has 1 N–H and O–H groups in total. The Hall–Kier alpha value is -1.11. The molecule has 1 amide bonds. The molecule has 0 bridgehead atoms. The molecular formula is C13H18ClNO4S. The van der Waals surface area contributed by atoms with Crippen molar-refractivity contribution in [1.29, 1.82) is 0 Å². The van der Waals surface area contributed by atoms with E-state index in [4.69, 9.17) is 16.7 Å². The van der Waals surface area contributed by atoms with E-state index in [1.807, 2.05) is 6.92 Å². The normalized spacial score (nSPS) is 11.4. The molecule has 7 heteroatoms. The molecule has 0 saturated carbocycles. The van der Waals surface area contributed by atoms with Crippen LogP contribution in [0.5, 0.6) is 0 Å². The molecule has 0 aromatic heterocycles. The molecule has 112 valence electrons. The summed E-state index contributed by atoms with van der Waals surface area (Å²) in [7, 11) is -3.48. The van der Waals surface area contributed by atoms with Crippen molar-refractivity contribution < 1.29 is 18.3 Å². The largest absolute Gasteiger partial charge is 0.396 e. The van der Waals surface area contributed by atoms with Gasteiger partial charge >= 0.3 is 0 Å². The van der Waals surface area contributed by atoms with E-state index in [0.29, 0.717) is 19.5 Å². The molecule has 0 fully saturated rings. The fourth-order valence-electron chi connectivity index (χ4n) is 1.77. The van der Waals surface area contributed by atoms with Gasteiger partial charge in [-0.2, -0.15) is 0 Å². The van der Waals surface area contributed by atoms with E-state index in [1.54, 1.807) is 4.90 Å². The van der Waals surface area contributed by atoms with Gasteiger partial charge in [0.05, 0.1) is 9.92 Å². The summed E-state index contributed by atoms with van der Waals surface area (Å²) in [5.74, 6) is -0.275. The van der Waals surface area contributed by atoms with E-state index in [-0.39, 0.29) is 28.0 Å². The highest BCUT2D eigenvalue weighted by atomic mass is 35.5. The van der Waals surface area contributed by atoms with Crippen LogP contribution in [0.2, 0.25) is 5.02 Å². The maximum absolute atomic E-state index is 12.3. The molecule has 0 radical (unpaired) electrons. The van der Waals surface area contributed by atoms with Crippen LogP contribution in [-0.2, 0) is 9.84 Å². The van der Waals surface area contributed by atoms with Crippen LogP contribution in [0.15, 0.2) is 23.1 Å². The number of carbonyl (C=O) groups is 1. The van der Waals surface area contributed by atoms with Crippen molar-refractivity contribution in [3.63, 3.8) is 0 Å². The van der Waals surface area contributed by atoms with Crippen LogP contribution in [0.3, 0.4) is 0 Å². The molecule has 0 heterocycles. The Morgan fingerprint density at radius 1 is 1.40 bits per heavy atom. The van der Waals surface area contributed by atoms with Crippen molar-refractivity contribution in [1.82, 2.24) is 4.90 Å². The standard InChI is InChI=1S/C13H18ClNO4S/c1-3-15(7-4-8-16)13(17)10-5-6-11(14)12(9-10)20(2,18)19/h5-6,9,16H,3-4,7-8H2,1-2H3. The molecular weight excluding hydrogens is 302 g/mol. The average molecular weight is 320 g/mol. The number of nitrogens with zero attached hydrogens (tertiary/aromatic N) is 1. The predicted molar refractivity (Wildman–Crippen MR) is 77.8 cm³/mol. The maximum Gasteiger partial charge on any atom is 0.253 e. The summed E-state index contributed by atoms with van der Waals surface area (Å²) in [6.07, 6.45) is 1.53. The van der Waals surface area contributed by atoms with E-state index in [2.05, 4.69) is 0 Å². The maximum atomic E-state index is 12.3. The molecule has 0 atom stereocenters. The summed E-state index contributed by atoms with van der Waals surface area (Å²) >= 11 is 5.85. The van der Waals surface area contributed by atoms with Gasteiger partial charge in [-0.3, -0.25) is 4.79 Å². The Labute approximate surface area is 124 Å². The second kappa shape index (κ2) is 7.06. The van der Waals surface area contributed by atoms with Crippen molar-refractivity contribution in [3.05, 3.63) is 28.8 Å². The Bertz CT molecular complexity index is 586. The highest BCUT2D eigenvalue weighted by Gasteiger charge is 2.18. The van der Waals surface area contributed by atoms with E-state index < -0.39 is 9.84 Å². The lowest BCUT2D eigenvalue weighted by atomic mass is 10.2. The first-order valence-corrected chi connectivity index (χ1v) is 8.48. The number of hydrogen-bond donors (Lipinski definition) is 1. The summed E-state index contributed by atoms with van der Waals surface area (Å²) in [6, 6.07) is 4.20. The van der Waals surface area contributed by atoms with Crippen LogP contribution in [0.25, 0.3) is 0 Å². The van der Waals surface area contributed by atoms with Crippen LogP contribution < -0.4 is 0 Å². The minimum absolute atomic E-state index is 0.00100. The van der Waals surface area contributed by atoms with E-state index in [0.717, 1.165) is 6.26 Å². The van der Waals surface area contributed by atoms with Gasteiger partial charge in [-0.1, -0.05) is 11.6 Å². The number of sulfone groups is 1. The van der Waals surface area contributed by atoms with Crippen molar-refractivity contribution in [2.24, 2.45) is 0 Å². The lowest BCUT2D eigenvalue weighted by Gasteiger charge is -2.20. The van der Waals surface area contributed by atoms with Gasteiger partial charge in [0, 0.05) is 31.5 Å². The summed E-state index contributed by atoms with van der Waals surface area (Å²) in [5.41, 5.74) is 0.273. The van der Waals surface area contributed by atoms with Gasteiger partial charge in [-0.05, 0) is 31.5 Å². The Morgan fingerprint density at radius 2 is 2.05 bits per heavy atom. The number of benzene rings is 1. The monoisotopic (exact) mass is 319 g/mol. The van der Waals surface area contributed by atoms with Gasteiger partial charge in [0.25, 0.3) is 5.91 Å². The zero-order valence-corrected chi connectivity index (χ0v) is 13.0. The van der Waals surface area contributed by atoms with E-state index in [1.165, 1.54) is 18.2 Å². The highest BCUT2D eigenvalue weighted by molar-refractivity contribution is 7.90. The molecule has 20 heavy (non-hydrogen) atoms. The van der Waals surface area contributed by atoms with Crippen molar-refractivity contribution in [2.45, 2.75) is 18.2 Å². The van der Waals surface area contributed by atoms with Crippen LogP contribution in [0.1, 0.15) is 23.7 Å². The molecule has 0 unspecified atom stereocenters. The van der Waals surface area contributed by atoms with Gasteiger partial charge in [-0.25, -0.2) is 8.42 Å². The minimum Gasteiger partial charge on any atom is -0.396 e. The van der Waals surface area contributed by atoms with Crippen molar-refractivity contribution >= 4 is 27.3 Å². The smallest absolute Gasteiger partial charge is 0.253 e. The Balaban J connectivity index is 3.11. The lowest BCUT2D eigenvalue weighted by molar-refractivity contribution is 0.0754. The summed E-state index contributed by atoms with van der Waals surface area (Å²) < 4.78 is 23.2. The SMILES string of the molecule is CCN(CCCO)C(=O)c1ccc(Cl)c(S(C)(=O)=O)c1. The van der Waals surface area contributed by atoms with Gasteiger partial charge in [0.1, 0.15) is 0 Å². The second-order valence-electron chi connectivity index (χ2n) is 4.38. The van der Waals surface area contributed by atoms with Gasteiger partial charge in [0.15, 0.2) is 9.84 Å². The number of aliphatic hydroxyl groups excluding tert-OH is 1. The summed E-state index contributed by atoms with van der Waals surface area (Å²) in [6.45, 7) is 2.72. The molecule has 0 spiro atoms. The molecule has 0 aliphatic rings. The number of hydrogen-bond acceptors (Lipinski definition) is 4. The Morgan fingerprint density at radius 3 is 2.55 bits per heavy atom. The number of rotatable bonds is 6. The van der Waals surface area contributed by atoms with Gasteiger partial charge in [-0.15, -0.1) is 0 Å². The van der Waals surface area contributed by atoms with E-state index >= 15 is 0 Å². The lowest BCUT2D eigenvalue weighted by Crippen LogP contribution is -2.32. The third kappa shape index (κ3) is 4.19. The van der Waals surface area contributed by atoms with Crippen molar-refractivity contribution in [2.75, 3.05) is 26.0 Å². The zero-order valence-electron chi connectivity index (χ0n) is 11.5. The van der Waals surface area contributed by atoms with Crippen LogP contribution in [0.4, 0.5) is 0 Å². The van der Waals surface area contributed by atoms with Crippen LogP contribution in [-0.4, -0.2) is 50.3 Å². The summed E-state index contributed by atoms with van der Waals surface area (Å²) in [5, 5.41) is 8.91. The average Bonchev–Trinajstić information content (AvgIpc) is 2.38. The quantitative estimate of drug-likeness (QED) is 0.864. The number of halogens is 1. The minimum atomic E-state index is -3.48.